The number of pyridine rings is 1. The molecule has 0 fully saturated rings. The van der Waals surface area contributed by atoms with E-state index >= 15 is 0 Å². The molecule has 1 aliphatic rings. The van der Waals surface area contributed by atoms with E-state index in [0.717, 1.165) is 16.2 Å². The van der Waals surface area contributed by atoms with Gasteiger partial charge in [0.25, 0.3) is 0 Å². The zero-order chi connectivity index (χ0) is 31.9. The Morgan fingerprint density at radius 2 is 1.04 bits per heavy atom. The predicted octanol–water partition coefficient (Wildman–Crippen LogP) is 5.99. The van der Waals surface area contributed by atoms with Crippen molar-refractivity contribution < 1.29 is 18.9 Å². The number of benzene rings is 4. The van der Waals surface area contributed by atoms with Crippen LogP contribution in [0.5, 0.6) is 11.8 Å². The molecule has 1 aromatic heterocycles. The first-order valence-electron chi connectivity index (χ1n) is 15.0. The summed E-state index contributed by atoms with van der Waals surface area (Å²) in [6.07, 6.45) is 1.49. The Hall–Kier alpha value is -4.34. The molecule has 0 N–H and O–H groups in total. The highest BCUT2D eigenvalue weighted by Gasteiger charge is 2.41. The monoisotopic (exact) mass is 646 g/mol. The first-order valence-corrected chi connectivity index (χ1v) is 17.6. The molecule has 4 aromatic carbocycles. The summed E-state index contributed by atoms with van der Waals surface area (Å²) in [6.45, 7) is 0. The van der Waals surface area contributed by atoms with E-state index in [0.29, 0.717) is 17.7 Å². The van der Waals surface area contributed by atoms with Gasteiger partial charge in [0.15, 0.2) is 6.23 Å². The molecule has 2 atom stereocenters. The van der Waals surface area contributed by atoms with Crippen LogP contribution in [0.1, 0.15) is 11.5 Å². The van der Waals surface area contributed by atoms with E-state index in [-0.39, 0.29) is 5.92 Å². The lowest BCUT2D eigenvalue weighted by molar-refractivity contribution is 0.0930. The molecule has 0 aliphatic carbocycles. The van der Waals surface area contributed by atoms with Crippen LogP contribution in [0.15, 0.2) is 144 Å². The molecule has 0 amide bonds. The van der Waals surface area contributed by atoms with Gasteiger partial charge in [-0.1, -0.05) is 121 Å². The van der Waals surface area contributed by atoms with Crippen LogP contribution in [0.4, 0.5) is 0 Å². The third-order valence-electron chi connectivity index (χ3n) is 7.83. The molecule has 1 aliphatic heterocycles. The minimum Gasteiger partial charge on any atom is -0.481 e. The maximum Gasteiger partial charge on any atom is 0.221 e. The Morgan fingerprint density at radius 3 is 1.46 bits per heavy atom. The smallest absolute Gasteiger partial charge is 0.221 e. The van der Waals surface area contributed by atoms with Gasteiger partial charge in [-0.3, -0.25) is 0 Å². The largest absolute Gasteiger partial charge is 0.481 e. The van der Waals surface area contributed by atoms with Crippen molar-refractivity contribution in [2.75, 3.05) is 28.4 Å². The number of dihydropyridines is 1. The number of hydrogen-bond donors (Lipinski definition) is 0. The number of aliphatic imine (C=N–C) groups is 1. The molecule has 2 heterocycles. The van der Waals surface area contributed by atoms with Crippen molar-refractivity contribution in [1.29, 1.82) is 0 Å². The first-order chi connectivity index (χ1) is 22.7. The number of methoxy groups -OCH3 is 4. The molecule has 0 bridgehead atoms. The topological polar surface area (TPSA) is 62.2 Å². The van der Waals surface area contributed by atoms with E-state index in [1.807, 2.05) is 12.1 Å². The Balaban J connectivity index is 1.68. The van der Waals surface area contributed by atoms with Crippen LogP contribution in [0, 0.1) is 0 Å². The molecule has 0 radical (unpaired) electrons. The summed E-state index contributed by atoms with van der Waals surface area (Å²) in [5.41, 5.74) is 0.929. The summed E-state index contributed by atoms with van der Waals surface area (Å²) < 4.78 is 24.0. The van der Waals surface area contributed by atoms with Crippen molar-refractivity contribution >= 4 is 48.3 Å². The van der Waals surface area contributed by atoms with Crippen molar-refractivity contribution in [2.45, 2.75) is 12.1 Å². The minimum atomic E-state index is -1.08. The van der Waals surface area contributed by atoms with E-state index in [4.69, 9.17) is 28.9 Å². The fourth-order valence-electron chi connectivity index (χ4n) is 5.81. The molecule has 0 spiro atoms. The highest BCUT2D eigenvalue weighted by molar-refractivity contribution is 7.80. The van der Waals surface area contributed by atoms with Crippen molar-refractivity contribution in [1.82, 2.24) is 4.98 Å². The molecular formula is C38H36N2O4P2. The number of hydrogen-bond acceptors (Lipinski definition) is 6. The summed E-state index contributed by atoms with van der Waals surface area (Å²) >= 11 is 0. The molecule has 6 rings (SSSR count). The lowest BCUT2D eigenvalue weighted by Gasteiger charge is -2.37. The molecule has 232 valence electrons. The minimum absolute atomic E-state index is 0.351. The average Bonchev–Trinajstić information content (AvgIpc) is 3.13. The SMILES string of the molecule is COC1=N[C@@H](OC)C(c2c(P(c3ccccc3)c3ccccc3)cc(OC)nc2OC)C(P(c2ccccc2)c2ccccc2)=C1. The Morgan fingerprint density at radius 1 is 0.565 bits per heavy atom. The van der Waals surface area contributed by atoms with Crippen molar-refractivity contribution in [3.8, 4) is 11.8 Å². The Bertz CT molecular complexity index is 1720. The summed E-state index contributed by atoms with van der Waals surface area (Å²) in [6, 6.07) is 44.5. The van der Waals surface area contributed by atoms with Crippen LogP contribution in [-0.2, 0) is 9.47 Å². The van der Waals surface area contributed by atoms with Gasteiger partial charge >= 0.3 is 0 Å². The molecule has 0 saturated heterocycles. The lowest BCUT2D eigenvalue weighted by atomic mass is 9.95. The van der Waals surface area contributed by atoms with E-state index in [1.54, 1.807) is 28.4 Å². The van der Waals surface area contributed by atoms with Gasteiger partial charge in [-0.05, 0) is 47.7 Å². The number of aromatic nitrogens is 1. The highest BCUT2D eigenvalue weighted by atomic mass is 31.1. The van der Waals surface area contributed by atoms with Gasteiger partial charge in [-0.2, -0.15) is 4.98 Å². The Kier molecular flexibility index (Phi) is 10.2. The maximum absolute atomic E-state index is 6.24. The molecule has 6 nitrogen and oxygen atoms in total. The highest BCUT2D eigenvalue weighted by Crippen LogP contribution is 2.55. The van der Waals surface area contributed by atoms with Crippen LogP contribution in [0.2, 0.25) is 0 Å². The Labute approximate surface area is 273 Å². The van der Waals surface area contributed by atoms with Crippen molar-refractivity contribution in [2.24, 2.45) is 4.99 Å². The predicted molar refractivity (Wildman–Crippen MR) is 191 cm³/mol. The summed E-state index contributed by atoms with van der Waals surface area (Å²) in [5, 5.41) is 7.02. The van der Waals surface area contributed by atoms with Crippen molar-refractivity contribution in [3.05, 3.63) is 144 Å². The molecular weight excluding hydrogens is 610 g/mol. The molecule has 1 unspecified atom stereocenters. The zero-order valence-electron chi connectivity index (χ0n) is 26.3. The quantitative estimate of drug-likeness (QED) is 0.175. The number of rotatable bonds is 10. The zero-order valence-corrected chi connectivity index (χ0v) is 28.1. The maximum atomic E-state index is 6.24. The van der Waals surface area contributed by atoms with Gasteiger partial charge in [0.2, 0.25) is 17.7 Å². The van der Waals surface area contributed by atoms with Gasteiger partial charge in [0.05, 0.1) is 27.2 Å². The molecule has 8 heteroatoms. The summed E-state index contributed by atoms with van der Waals surface area (Å²) in [7, 11) is 4.53. The van der Waals surface area contributed by atoms with Gasteiger partial charge in [0.1, 0.15) is 0 Å². The van der Waals surface area contributed by atoms with Crippen LogP contribution < -0.4 is 36.0 Å². The summed E-state index contributed by atoms with van der Waals surface area (Å²) in [5.74, 6) is 1.14. The number of nitrogens with zero attached hydrogens (tertiary/aromatic N) is 2. The lowest BCUT2D eigenvalue weighted by Crippen LogP contribution is -2.34. The van der Waals surface area contributed by atoms with E-state index in [2.05, 4.69) is 121 Å². The van der Waals surface area contributed by atoms with Crippen LogP contribution in [-0.4, -0.2) is 45.5 Å². The van der Waals surface area contributed by atoms with Crippen LogP contribution in [0.25, 0.3) is 0 Å². The average molecular weight is 647 g/mol. The normalized spacial score (nSPS) is 16.1. The third-order valence-corrected chi connectivity index (χ3v) is 12.9. The fraction of sp³-hybridized carbons (Fsp3) is 0.158. The van der Waals surface area contributed by atoms with Gasteiger partial charge < -0.3 is 18.9 Å². The summed E-state index contributed by atoms with van der Waals surface area (Å²) in [4.78, 5) is 9.83. The second-order valence-corrected chi connectivity index (χ2v) is 14.9. The molecule has 46 heavy (non-hydrogen) atoms. The standard InChI is InChI=1S/C38H36N2O4P2/c1-41-33-25-31(45(27-17-9-5-10-18-27)28-19-11-6-12-20-28)35(37(39-33)43-3)36-32(26-34(42-2)40-38(36)44-4)46(29-21-13-7-14-22-29)30-23-15-8-16-24-30/h5-26,35,37H,1-4H3/t35?,37-/m0/s1. The van der Waals surface area contributed by atoms with Crippen molar-refractivity contribution in [3.63, 3.8) is 0 Å². The second kappa shape index (κ2) is 14.8. The molecule has 0 saturated carbocycles. The molecule has 5 aromatic rings. The van der Waals surface area contributed by atoms with Gasteiger partial charge in [-0.25, -0.2) is 4.99 Å². The van der Waals surface area contributed by atoms with E-state index in [1.165, 1.54) is 21.2 Å². The van der Waals surface area contributed by atoms with Crippen LogP contribution >= 0.6 is 15.8 Å². The van der Waals surface area contributed by atoms with Gasteiger partial charge in [-0.15, -0.1) is 0 Å². The fourth-order valence-corrected chi connectivity index (χ4v) is 10.9. The third kappa shape index (κ3) is 6.48. The van der Waals surface area contributed by atoms with Crippen LogP contribution in [0.3, 0.4) is 0 Å². The van der Waals surface area contributed by atoms with E-state index < -0.39 is 22.1 Å². The first kappa shape index (κ1) is 31.6. The number of ether oxygens (including phenoxy) is 4. The van der Waals surface area contributed by atoms with Gasteiger partial charge in [0, 0.05) is 24.8 Å². The second-order valence-electron chi connectivity index (χ2n) is 10.5. The van der Waals surface area contributed by atoms with E-state index in [9.17, 15) is 0 Å².